The van der Waals surface area contributed by atoms with Gasteiger partial charge in [-0.05, 0) is 12.1 Å². The van der Waals surface area contributed by atoms with Crippen LogP contribution >= 0.6 is 0 Å². The van der Waals surface area contributed by atoms with Crippen LogP contribution in [0.1, 0.15) is 0 Å². The summed E-state index contributed by atoms with van der Waals surface area (Å²) in [5.41, 5.74) is 0. The number of aliphatic hydroxyl groups excluding tert-OH is 1. The Labute approximate surface area is 110 Å². The van der Waals surface area contributed by atoms with E-state index in [1.54, 1.807) is 12.1 Å². The van der Waals surface area contributed by atoms with Gasteiger partial charge in [-0.15, -0.1) is 0 Å². The van der Waals surface area contributed by atoms with Crippen LogP contribution in [-0.2, 0) is 4.79 Å². The SMILES string of the molecule is O=C(COc1ccccc1F)NCC1CNCC1O. The number of para-hydroxylation sites is 1. The van der Waals surface area contributed by atoms with Crippen LogP contribution in [0.2, 0.25) is 0 Å². The standard InChI is InChI=1S/C13H17FN2O3/c14-10-3-1-2-4-12(10)19-8-13(18)16-6-9-5-15-7-11(9)17/h1-4,9,11,15,17H,5-8H2,(H,16,18). The maximum atomic E-state index is 13.2. The number of rotatable bonds is 5. The highest BCUT2D eigenvalue weighted by atomic mass is 19.1. The summed E-state index contributed by atoms with van der Waals surface area (Å²) in [6.07, 6.45) is -0.437. The highest BCUT2D eigenvalue weighted by molar-refractivity contribution is 5.77. The lowest BCUT2D eigenvalue weighted by atomic mass is 10.1. The van der Waals surface area contributed by atoms with Gasteiger partial charge in [0.15, 0.2) is 18.2 Å². The highest BCUT2D eigenvalue weighted by Gasteiger charge is 2.24. The number of hydrogen-bond acceptors (Lipinski definition) is 4. The number of halogens is 1. The molecule has 1 saturated heterocycles. The minimum Gasteiger partial charge on any atom is -0.481 e. The smallest absolute Gasteiger partial charge is 0.257 e. The monoisotopic (exact) mass is 268 g/mol. The van der Waals surface area contributed by atoms with Gasteiger partial charge in [-0.25, -0.2) is 4.39 Å². The van der Waals surface area contributed by atoms with Gasteiger partial charge in [-0.2, -0.15) is 0 Å². The molecule has 0 aromatic heterocycles. The number of benzene rings is 1. The summed E-state index contributed by atoms with van der Waals surface area (Å²) in [5.74, 6) is -0.759. The van der Waals surface area contributed by atoms with Crippen molar-refractivity contribution in [1.82, 2.24) is 10.6 Å². The van der Waals surface area contributed by atoms with Gasteiger partial charge in [0.1, 0.15) is 0 Å². The summed E-state index contributed by atoms with van der Waals surface area (Å²) >= 11 is 0. The van der Waals surface area contributed by atoms with Crippen LogP contribution in [-0.4, -0.2) is 43.4 Å². The van der Waals surface area contributed by atoms with Crippen LogP contribution in [0.5, 0.6) is 5.75 Å². The Balaban J connectivity index is 1.71. The van der Waals surface area contributed by atoms with Gasteiger partial charge in [0.25, 0.3) is 5.91 Å². The average Bonchev–Trinajstić information content (AvgIpc) is 2.81. The van der Waals surface area contributed by atoms with E-state index < -0.39 is 11.9 Å². The Bertz CT molecular complexity index is 442. The van der Waals surface area contributed by atoms with Gasteiger partial charge >= 0.3 is 0 Å². The number of ether oxygens (including phenoxy) is 1. The topological polar surface area (TPSA) is 70.6 Å². The molecule has 1 aliphatic rings. The molecule has 1 aromatic rings. The molecule has 0 spiro atoms. The van der Waals surface area contributed by atoms with E-state index in [-0.39, 0.29) is 24.2 Å². The van der Waals surface area contributed by atoms with Gasteiger partial charge in [0.05, 0.1) is 6.10 Å². The summed E-state index contributed by atoms with van der Waals surface area (Å²) in [7, 11) is 0. The molecule has 3 N–H and O–H groups in total. The lowest BCUT2D eigenvalue weighted by Crippen LogP contribution is -2.36. The summed E-state index contributed by atoms with van der Waals surface area (Å²) in [4.78, 5) is 11.5. The Kier molecular flexibility index (Phi) is 4.70. The zero-order valence-corrected chi connectivity index (χ0v) is 10.4. The summed E-state index contributed by atoms with van der Waals surface area (Å²) in [5, 5.41) is 15.2. The fourth-order valence-electron chi connectivity index (χ4n) is 1.93. The van der Waals surface area contributed by atoms with Crippen LogP contribution in [0, 0.1) is 11.7 Å². The Hall–Kier alpha value is -1.66. The molecule has 1 aliphatic heterocycles. The predicted octanol–water partition coefficient (Wildman–Crippen LogP) is -0.0990. The average molecular weight is 268 g/mol. The van der Waals surface area contributed by atoms with Gasteiger partial charge in [-0.3, -0.25) is 4.79 Å². The van der Waals surface area contributed by atoms with Crippen LogP contribution in [0.15, 0.2) is 24.3 Å². The van der Waals surface area contributed by atoms with Crippen molar-refractivity contribution < 1.29 is 19.0 Å². The third kappa shape index (κ3) is 3.90. The van der Waals surface area contributed by atoms with Crippen molar-refractivity contribution in [2.75, 3.05) is 26.2 Å². The normalized spacial score (nSPS) is 22.2. The summed E-state index contributed by atoms with van der Waals surface area (Å²) in [6, 6.07) is 5.93. The van der Waals surface area contributed by atoms with E-state index in [9.17, 15) is 14.3 Å². The molecule has 0 bridgehead atoms. The molecule has 5 nitrogen and oxygen atoms in total. The molecule has 2 atom stereocenters. The summed E-state index contributed by atoms with van der Waals surface area (Å²) < 4.78 is 18.3. The van der Waals surface area contributed by atoms with E-state index in [1.165, 1.54) is 12.1 Å². The van der Waals surface area contributed by atoms with Crippen molar-refractivity contribution in [1.29, 1.82) is 0 Å². The van der Waals surface area contributed by atoms with Gasteiger partial charge in [-0.1, -0.05) is 12.1 Å². The van der Waals surface area contributed by atoms with E-state index in [0.29, 0.717) is 19.6 Å². The predicted molar refractivity (Wildman–Crippen MR) is 67.3 cm³/mol. The maximum absolute atomic E-state index is 13.2. The molecule has 6 heteroatoms. The van der Waals surface area contributed by atoms with Crippen LogP contribution in [0.25, 0.3) is 0 Å². The second-order valence-corrected chi connectivity index (χ2v) is 4.51. The first-order valence-electron chi connectivity index (χ1n) is 6.19. The van der Waals surface area contributed by atoms with E-state index in [0.717, 1.165) is 0 Å². The van der Waals surface area contributed by atoms with Crippen molar-refractivity contribution in [2.24, 2.45) is 5.92 Å². The quantitative estimate of drug-likeness (QED) is 0.697. The van der Waals surface area contributed by atoms with Crippen LogP contribution in [0.3, 0.4) is 0 Å². The molecule has 0 saturated carbocycles. The van der Waals surface area contributed by atoms with Crippen molar-refractivity contribution in [3.63, 3.8) is 0 Å². The fourth-order valence-corrected chi connectivity index (χ4v) is 1.93. The number of aliphatic hydroxyl groups is 1. The number of carbonyl (C=O) groups is 1. The first-order chi connectivity index (χ1) is 9.16. The lowest BCUT2D eigenvalue weighted by Gasteiger charge is -2.14. The van der Waals surface area contributed by atoms with Gasteiger partial charge in [0, 0.05) is 25.6 Å². The molecule has 1 fully saturated rings. The Morgan fingerprint density at radius 1 is 1.47 bits per heavy atom. The lowest BCUT2D eigenvalue weighted by molar-refractivity contribution is -0.123. The minimum atomic E-state index is -0.495. The van der Waals surface area contributed by atoms with Crippen molar-refractivity contribution in [3.8, 4) is 5.75 Å². The zero-order chi connectivity index (χ0) is 13.7. The molecular weight excluding hydrogens is 251 g/mol. The number of β-amino-alcohol motifs (C(OH)–C–C–N with tert-alkyl or cyclic N) is 1. The molecule has 0 aliphatic carbocycles. The Morgan fingerprint density at radius 2 is 2.26 bits per heavy atom. The fraction of sp³-hybridized carbons (Fsp3) is 0.462. The molecule has 2 rings (SSSR count). The number of nitrogens with one attached hydrogen (secondary N) is 2. The largest absolute Gasteiger partial charge is 0.481 e. The summed E-state index contributed by atoms with van der Waals surface area (Å²) in [6.45, 7) is 1.37. The Morgan fingerprint density at radius 3 is 2.95 bits per heavy atom. The minimum absolute atomic E-state index is 0.0115. The first-order valence-corrected chi connectivity index (χ1v) is 6.19. The van der Waals surface area contributed by atoms with Crippen molar-refractivity contribution in [2.45, 2.75) is 6.10 Å². The third-order valence-corrected chi connectivity index (χ3v) is 3.06. The molecule has 0 radical (unpaired) electrons. The molecule has 1 aromatic carbocycles. The molecule has 104 valence electrons. The number of hydrogen-bond donors (Lipinski definition) is 3. The molecule has 1 amide bonds. The molecule has 2 unspecified atom stereocenters. The van der Waals surface area contributed by atoms with Gasteiger partial charge < -0.3 is 20.5 Å². The first kappa shape index (κ1) is 13.8. The second kappa shape index (κ2) is 6.49. The zero-order valence-electron chi connectivity index (χ0n) is 10.4. The molecule has 19 heavy (non-hydrogen) atoms. The third-order valence-electron chi connectivity index (χ3n) is 3.06. The maximum Gasteiger partial charge on any atom is 0.257 e. The number of amides is 1. The number of carbonyl (C=O) groups excluding carboxylic acids is 1. The van der Waals surface area contributed by atoms with E-state index in [4.69, 9.17) is 4.74 Å². The van der Waals surface area contributed by atoms with E-state index in [2.05, 4.69) is 10.6 Å². The van der Waals surface area contributed by atoms with Crippen LogP contribution < -0.4 is 15.4 Å². The second-order valence-electron chi connectivity index (χ2n) is 4.51. The van der Waals surface area contributed by atoms with Crippen LogP contribution in [0.4, 0.5) is 4.39 Å². The highest BCUT2D eigenvalue weighted by Crippen LogP contribution is 2.14. The van der Waals surface area contributed by atoms with E-state index in [1.807, 2.05) is 0 Å². The molecular formula is C13H17FN2O3. The van der Waals surface area contributed by atoms with Crippen molar-refractivity contribution >= 4 is 5.91 Å². The van der Waals surface area contributed by atoms with Gasteiger partial charge in [0.2, 0.25) is 0 Å². The van der Waals surface area contributed by atoms with E-state index >= 15 is 0 Å². The molecule has 1 heterocycles. The van der Waals surface area contributed by atoms with Crippen molar-refractivity contribution in [3.05, 3.63) is 30.1 Å².